The van der Waals surface area contributed by atoms with Crippen molar-refractivity contribution in [1.29, 1.82) is 0 Å². The molecular formula is C11H22N4O6S2. The van der Waals surface area contributed by atoms with Crippen LogP contribution in [0.15, 0.2) is 10.3 Å². The second kappa shape index (κ2) is 8.18. The predicted molar refractivity (Wildman–Crippen MR) is 86.5 cm³/mol. The third-order valence-electron chi connectivity index (χ3n) is 2.35. The molecule has 10 nitrogen and oxygen atoms in total. The summed E-state index contributed by atoms with van der Waals surface area (Å²) in [6, 6.07) is 0. The van der Waals surface area contributed by atoms with Crippen LogP contribution in [0.3, 0.4) is 0 Å². The van der Waals surface area contributed by atoms with Crippen molar-refractivity contribution in [1.82, 2.24) is 0 Å². The van der Waals surface area contributed by atoms with E-state index in [0.717, 1.165) is 12.4 Å². The summed E-state index contributed by atoms with van der Waals surface area (Å²) in [7, 11) is -8.43. The molecule has 0 amide bonds. The number of hydrogen-bond donors (Lipinski definition) is 2. The van der Waals surface area contributed by atoms with Gasteiger partial charge in [0.05, 0.1) is 21.9 Å². The van der Waals surface area contributed by atoms with E-state index < -0.39 is 33.5 Å². The normalized spacial score (nSPS) is 13.5. The fourth-order valence-corrected chi connectivity index (χ4v) is 4.75. The molecule has 0 spiro atoms. The summed E-state index contributed by atoms with van der Waals surface area (Å²) >= 11 is 0. The zero-order valence-electron chi connectivity index (χ0n) is 13.8. The number of rotatable bonds is 1. The Balaban J connectivity index is 0. The van der Waals surface area contributed by atoms with E-state index in [2.05, 4.69) is 15.1 Å². The topological polar surface area (TPSA) is 170 Å². The average Bonchev–Trinajstić information content (AvgIpc) is 2.34. The van der Waals surface area contributed by atoms with Gasteiger partial charge in [-0.3, -0.25) is 0 Å². The molecule has 0 aliphatic carbocycles. The molecule has 134 valence electrons. The Morgan fingerprint density at radius 1 is 0.870 bits per heavy atom. The molecule has 0 saturated carbocycles. The van der Waals surface area contributed by atoms with Gasteiger partial charge in [-0.25, -0.2) is 16.8 Å². The average molecular weight is 370 g/mol. The van der Waals surface area contributed by atoms with E-state index in [0.29, 0.717) is 0 Å². The molecule has 0 radical (unpaired) electrons. The van der Waals surface area contributed by atoms with Gasteiger partial charge < -0.3 is 15.9 Å². The van der Waals surface area contributed by atoms with Gasteiger partial charge in [-0.05, 0) is 41.5 Å². The second-order valence-electron chi connectivity index (χ2n) is 6.13. The van der Waals surface area contributed by atoms with Crippen LogP contribution in [0, 0.1) is 0 Å². The van der Waals surface area contributed by atoms with Crippen molar-refractivity contribution < 1.29 is 32.0 Å². The van der Waals surface area contributed by atoms with Crippen LogP contribution in [0.2, 0.25) is 0 Å². The monoisotopic (exact) mass is 370 g/mol. The highest BCUT2D eigenvalue weighted by molar-refractivity contribution is 8.31. The van der Waals surface area contributed by atoms with Crippen LogP contribution in [0.5, 0.6) is 0 Å². The van der Waals surface area contributed by atoms with Crippen LogP contribution in [-0.2, 0) is 19.7 Å². The van der Waals surface area contributed by atoms with Gasteiger partial charge in [0.2, 0.25) is 0 Å². The Kier molecular flexibility index (Phi) is 8.35. The predicted octanol–water partition coefficient (Wildman–Crippen LogP) is 0.905. The summed E-state index contributed by atoms with van der Waals surface area (Å²) in [5.74, 6) is 0. The largest absolute Gasteiger partial charge is 0.496 e. The lowest BCUT2D eigenvalue weighted by molar-refractivity contribution is 0.00353. The second-order valence-corrected chi connectivity index (χ2v) is 11.6. The highest BCUT2D eigenvalue weighted by Gasteiger charge is 2.53. The van der Waals surface area contributed by atoms with E-state index in [1.807, 2.05) is 0 Å². The number of hydrogen-bond acceptors (Lipinski definition) is 8. The first kappa shape index (κ1) is 23.5. The summed E-state index contributed by atoms with van der Waals surface area (Å²) in [6.07, 6.45) is 1.89. The lowest BCUT2D eigenvalue weighted by Crippen LogP contribution is -2.45. The molecule has 0 unspecified atom stereocenters. The van der Waals surface area contributed by atoms with Crippen LogP contribution in [0.25, 0.3) is 5.53 Å². The molecule has 0 saturated heterocycles. The minimum Gasteiger partial charge on any atom is -0.411 e. The number of sulfone groups is 2. The molecule has 0 atom stereocenters. The van der Waals surface area contributed by atoms with Crippen molar-refractivity contribution in [3.63, 3.8) is 0 Å². The fourth-order valence-electron chi connectivity index (χ4n) is 0.835. The van der Waals surface area contributed by atoms with Gasteiger partial charge in [-0.2, -0.15) is 0 Å². The van der Waals surface area contributed by atoms with Crippen molar-refractivity contribution >= 4 is 36.5 Å². The number of oxime groups is 2. The SMILES string of the molecule is CC(C)(C)S(=O)(=O)C(=[N+]=[N-])S(=O)(=O)C(C)(C)C.ON=CC=NO. The van der Waals surface area contributed by atoms with Crippen LogP contribution >= 0.6 is 0 Å². The molecule has 0 aliphatic rings. The minimum atomic E-state index is -4.22. The van der Waals surface area contributed by atoms with Crippen molar-refractivity contribution in [3.8, 4) is 0 Å². The summed E-state index contributed by atoms with van der Waals surface area (Å²) in [5, 5.41) is 20.1. The lowest BCUT2D eigenvalue weighted by atomic mass is 10.3. The molecule has 0 fully saturated rings. The van der Waals surface area contributed by atoms with Gasteiger partial charge in [0, 0.05) is 0 Å². The summed E-state index contributed by atoms with van der Waals surface area (Å²) in [4.78, 5) is 2.51. The summed E-state index contributed by atoms with van der Waals surface area (Å²) < 4.78 is 44.1. The highest BCUT2D eigenvalue weighted by atomic mass is 32.3. The summed E-state index contributed by atoms with van der Waals surface area (Å²) in [6.45, 7) is 8.03. The van der Waals surface area contributed by atoms with Gasteiger partial charge in [-0.15, -0.1) is 4.79 Å². The Morgan fingerprint density at radius 2 is 1.13 bits per heavy atom. The Labute approximate surface area is 136 Å². The molecule has 0 rings (SSSR count). The van der Waals surface area contributed by atoms with Crippen molar-refractivity contribution in [2.75, 3.05) is 0 Å². The van der Waals surface area contributed by atoms with Crippen LogP contribution < -0.4 is 0 Å². The molecule has 0 aliphatic heterocycles. The maximum absolute atomic E-state index is 12.0. The van der Waals surface area contributed by atoms with Crippen LogP contribution in [-0.4, -0.2) is 58.3 Å². The van der Waals surface area contributed by atoms with Crippen LogP contribution in [0.4, 0.5) is 0 Å². The first-order valence-electron chi connectivity index (χ1n) is 6.16. The van der Waals surface area contributed by atoms with E-state index in [-0.39, 0.29) is 0 Å². The molecule has 0 aromatic carbocycles. The van der Waals surface area contributed by atoms with E-state index >= 15 is 0 Å². The molecule has 0 heterocycles. The Hall–Kier alpha value is -1.78. The molecular weight excluding hydrogens is 348 g/mol. The summed E-state index contributed by atoms with van der Waals surface area (Å²) in [5.41, 5.74) is 8.75. The first-order valence-corrected chi connectivity index (χ1v) is 9.12. The maximum Gasteiger partial charge on any atom is 0.496 e. The quantitative estimate of drug-likeness (QED) is 0.173. The molecule has 12 heteroatoms. The van der Waals surface area contributed by atoms with E-state index in [1.165, 1.54) is 41.5 Å². The standard InChI is InChI=1S/C9H18N2O4S2.C2H4N2O2/c1-8(2,3)16(12,13)7(11-10)17(14,15)9(4,5)6;5-3-1-2-4-6/h1-6H3;1-2,5-6H. The van der Waals surface area contributed by atoms with Gasteiger partial charge in [0.15, 0.2) is 0 Å². The number of nitrogens with zero attached hydrogens (tertiary/aromatic N) is 4. The maximum atomic E-state index is 12.0. The zero-order chi connectivity index (χ0) is 19.1. The Bertz CT molecular complexity index is 647. The van der Waals surface area contributed by atoms with E-state index in [1.54, 1.807) is 0 Å². The van der Waals surface area contributed by atoms with Gasteiger partial charge in [-0.1, -0.05) is 10.3 Å². The van der Waals surface area contributed by atoms with Crippen molar-refractivity contribution in [2.45, 2.75) is 51.0 Å². The molecule has 0 aromatic rings. The van der Waals surface area contributed by atoms with Gasteiger partial charge in [0.1, 0.15) is 0 Å². The highest BCUT2D eigenvalue weighted by Crippen LogP contribution is 2.25. The molecule has 0 bridgehead atoms. The minimum absolute atomic E-state index is 0.944. The fraction of sp³-hybridized carbons (Fsp3) is 0.727. The lowest BCUT2D eigenvalue weighted by Gasteiger charge is -2.20. The first-order chi connectivity index (χ1) is 10.1. The Morgan fingerprint density at radius 3 is 1.26 bits per heavy atom. The van der Waals surface area contributed by atoms with Crippen LogP contribution in [0.1, 0.15) is 41.5 Å². The van der Waals surface area contributed by atoms with E-state index in [9.17, 15) is 16.8 Å². The van der Waals surface area contributed by atoms with E-state index in [4.69, 9.17) is 15.9 Å². The smallest absolute Gasteiger partial charge is 0.411 e. The van der Waals surface area contributed by atoms with Gasteiger partial charge in [0.25, 0.3) is 19.7 Å². The van der Waals surface area contributed by atoms with Crippen molar-refractivity contribution in [3.05, 3.63) is 5.53 Å². The third kappa shape index (κ3) is 6.08. The van der Waals surface area contributed by atoms with Crippen molar-refractivity contribution in [2.24, 2.45) is 10.3 Å². The van der Waals surface area contributed by atoms with Gasteiger partial charge >= 0.3 is 4.38 Å². The molecule has 0 aromatic heterocycles. The molecule has 2 N–H and O–H groups in total. The molecule has 23 heavy (non-hydrogen) atoms. The zero-order valence-corrected chi connectivity index (χ0v) is 15.4. The third-order valence-corrected chi connectivity index (χ3v) is 7.98.